The first-order valence-electron chi connectivity index (χ1n) is 5.85. The fourth-order valence-electron chi connectivity index (χ4n) is 2.33. The van der Waals surface area contributed by atoms with Gasteiger partial charge in [-0.1, -0.05) is 6.92 Å². The maximum absolute atomic E-state index is 12.2. The van der Waals surface area contributed by atoms with Gasteiger partial charge in [-0.25, -0.2) is 0 Å². The first-order chi connectivity index (χ1) is 7.44. The van der Waals surface area contributed by atoms with E-state index in [1.54, 1.807) is 0 Å². The molecule has 96 valence electrons. The second kappa shape index (κ2) is 5.87. The van der Waals surface area contributed by atoms with Crippen molar-refractivity contribution in [1.29, 1.82) is 0 Å². The Morgan fingerprint density at radius 1 is 1.44 bits per heavy atom. The Balaban J connectivity index is 2.46. The summed E-state index contributed by atoms with van der Waals surface area (Å²) in [6, 6.07) is -0.0795. The van der Waals surface area contributed by atoms with Crippen LogP contribution in [0.4, 0.5) is 13.2 Å². The second-order valence-electron chi connectivity index (χ2n) is 4.35. The molecule has 0 aromatic rings. The first-order valence-corrected chi connectivity index (χ1v) is 5.85. The van der Waals surface area contributed by atoms with Gasteiger partial charge in [0, 0.05) is 25.0 Å². The fourth-order valence-corrected chi connectivity index (χ4v) is 2.33. The molecule has 3 atom stereocenters. The number of hydrogen-bond acceptors (Lipinski definition) is 2. The minimum atomic E-state index is -4.06. The van der Waals surface area contributed by atoms with E-state index in [2.05, 4.69) is 5.32 Å². The van der Waals surface area contributed by atoms with Crippen molar-refractivity contribution >= 4 is 0 Å². The molecule has 16 heavy (non-hydrogen) atoms. The number of rotatable bonds is 5. The molecule has 2 nitrogen and oxygen atoms in total. The van der Waals surface area contributed by atoms with Crippen LogP contribution >= 0.6 is 0 Å². The minimum absolute atomic E-state index is 0.0669. The largest absolute Gasteiger partial charge is 0.389 e. The van der Waals surface area contributed by atoms with Crippen molar-refractivity contribution < 1.29 is 17.9 Å². The maximum Gasteiger partial charge on any atom is 0.389 e. The van der Waals surface area contributed by atoms with Gasteiger partial charge in [0.1, 0.15) is 0 Å². The van der Waals surface area contributed by atoms with Crippen LogP contribution in [0.3, 0.4) is 0 Å². The van der Waals surface area contributed by atoms with Crippen LogP contribution in [0.2, 0.25) is 0 Å². The normalized spacial score (nSPS) is 28.3. The van der Waals surface area contributed by atoms with E-state index in [0.29, 0.717) is 13.2 Å². The zero-order valence-electron chi connectivity index (χ0n) is 9.81. The van der Waals surface area contributed by atoms with Gasteiger partial charge in [-0.2, -0.15) is 13.2 Å². The Bertz CT molecular complexity index is 208. The van der Waals surface area contributed by atoms with Crippen LogP contribution in [-0.2, 0) is 4.74 Å². The molecule has 0 spiro atoms. The molecular formula is C11H20F3NO. The van der Waals surface area contributed by atoms with Crippen molar-refractivity contribution in [2.75, 3.05) is 13.2 Å². The summed E-state index contributed by atoms with van der Waals surface area (Å²) < 4.78 is 41.9. The molecule has 0 saturated carbocycles. The lowest BCUT2D eigenvalue weighted by Gasteiger charge is -2.27. The van der Waals surface area contributed by atoms with Gasteiger partial charge in [0.25, 0.3) is 0 Å². The van der Waals surface area contributed by atoms with Gasteiger partial charge in [-0.15, -0.1) is 0 Å². The SMILES string of the molecule is CCNC(CCC(F)(F)F)C1CCOC1C. The van der Waals surface area contributed by atoms with E-state index in [1.807, 2.05) is 13.8 Å². The summed E-state index contributed by atoms with van der Waals surface area (Å²) in [6.45, 7) is 5.22. The topological polar surface area (TPSA) is 21.3 Å². The molecule has 1 rings (SSSR count). The average Bonchev–Trinajstić information content (AvgIpc) is 2.57. The number of hydrogen-bond donors (Lipinski definition) is 1. The summed E-state index contributed by atoms with van der Waals surface area (Å²) in [5.41, 5.74) is 0. The number of halogens is 3. The predicted molar refractivity (Wildman–Crippen MR) is 56.3 cm³/mol. The molecule has 0 aromatic heterocycles. The number of alkyl halides is 3. The lowest BCUT2D eigenvalue weighted by atomic mass is 9.90. The third kappa shape index (κ3) is 4.29. The highest BCUT2D eigenvalue weighted by atomic mass is 19.4. The van der Waals surface area contributed by atoms with Crippen LogP contribution in [0.25, 0.3) is 0 Å². The fraction of sp³-hybridized carbons (Fsp3) is 1.00. The van der Waals surface area contributed by atoms with Gasteiger partial charge in [-0.05, 0) is 26.3 Å². The Hall–Kier alpha value is -0.290. The molecule has 5 heteroatoms. The first kappa shape index (κ1) is 13.8. The number of ether oxygens (including phenoxy) is 1. The molecule has 0 aliphatic carbocycles. The molecule has 0 radical (unpaired) electrons. The van der Waals surface area contributed by atoms with Crippen molar-refractivity contribution in [3.63, 3.8) is 0 Å². The van der Waals surface area contributed by atoms with Crippen LogP contribution in [0.1, 0.15) is 33.1 Å². The Kier molecular flexibility index (Phi) is 5.05. The maximum atomic E-state index is 12.2. The lowest BCUT2D eigenvalue weighted by molar-refractivity contribution is -0.137. The van der Waals surface area contributed by atoms with Crippen molar-refractivity contribution in [2.45, 2.75) is 51.4 Å². The molecule has 1 N–H and O–H groups in total. The van der Waals surface area contributed by atoms with Gasteiger partial charge in [-0.3, -0.25) is 0 Å². The summed E-state index contributed by atoms with van der Waals surface area (Å²) in [6.07, 6.45) is -3.70. The van der Waals surface area contributed by atoms with E-state index >= 15 is 0 Å². The van der Waals surface area contributed by atoms with Gasteiger partial charge in [0.05, 0.1) is 6.10 Å². The smallest absolute Gasteiger partial charge is 0.378 e. The van der Waals surface area contributed by atoms with E-state index in [1.165, 1.54) is 0 Å². The average molecular weight is 239 g/mol. The summed E-state index contributed by atoms with van der Waals surface area (Å²) in [5, 5.41) is 3.15. The van der Waals surface area contributed by atoms with E-state index in [4.69, 9.17) is 4.74 Å². The molecule has 1 aliphatic heterocycles. The standard InChI is InChI=1S/C11H20F3NO/c1-3-15-10(4-6-11(12,13)14)9-5-7-16-8(9)2/h8-10,15H,3-7H2,1-2H3. The van der Waals surface area contributed by atoms with E-state index in [9.17, 15) is 13.2 Å². The van der Waals surface area contributed by atoms with Crippen LogP contribution in [0.15, 0.2) is 0 Å². The summed E-state index contributed by atoms with van der Waals surface area (Å²) in [4.78, 5) is 0. The molecule has 1 saturated heterocycles. The molecule has 0 amide bonds. The summed E-state index contributed by atoms with van der Waals surface area (Å²) >= 11 is 0. The third-order valence-electron chi connectivity index (χ3n) is 3.16. The van der Waals surface area contributed by atoms with Crippen LogP contribution in [0, 0.1) is 5.92 Å². The Labute approximate surface area is 94.5 Å². The Morgan fingerprint density at radius 2 is 2.12 bits per heavy atom. The summed E-state index contributed by atoms with van der Waals surface area (Å²) in [7, 11) is 0. The predicted octanol–water partition coefficient (Wildman–Crippen LogP) is 2.73. The third-order valence-corrected chi connectivity index (χ3v) is 3.16. The molecule has 0 aromatic carbocycles. The van der Waals surface area contributed by atoms with Crippen LogP contribution < -0.4 is 5.32 Å². The monoisotopic (exact) mass is 239 g/mol. The van der Waals surface area contributed by atoms with Crippen LogP contribution in [0.5, 0.6) is 0 Å². The minimum Gasteiger partial charge on any atom is -0.378 e. The van der Waals surface area contributed by atoms with Gasteiger partial charge < -0.3 is 10.1 Å². The van der Waals surface area contributed by atoms with Crippen molar-refractivity contribution in [3.8, 4) is 0 Å². The highest BCUT2D eigenvalue weighted by Gasteiger charge is 2.34. The van der Waals surface area contributed by atoms with E-state index in [-0.39, 0.29) is 24.5 Å². The Morgan fingerprint density at radius 3 is 2.56 bits per heavy atom. The van der Waals surface area contributed by atoms with E-state index in [0.717, 1.165) is 6.42 Å². The van der Waals surface area contributed by atoms with Gasteiger partial charge in [0.2, 0.25) is 0 Å². The zero-order chi connectivity index (χ0) is 12.2. The van der Waals surface area contributed by atoms with Gasteiger partial charge in [0.15, 0.2) is 0 Å². The lowest BCUT2D eigenvalue weighted by Crippen LogP contribution is -2.39. The molecule has 1 heterocycles. The zero-order valence-corrected chi connectivity index (χ0v) is 9.81. The van der Waals surface area contributed by atoms with Gasteiger partial charge >= 0.3 is 6.18 Å². The quantitative estimate of drug-likeness (QED) is 0.796. The van der Waals surface area contributed by atoms with Crippen molar-refractivity contribution in [2.24, 2.45) is 5.92 Å². The van der Waals surface area contributed by atoms with Crippen molar-refractivity contribution in [3.05, 3.63) is 0 Å². The van der Waals surface area contributed by atoms with Crippen LogP contribution in [-0.4, -0.2) is 31.5 Å². The molecule has 1 fully saturated rings. The molecular weight excluding hydrogens is 219 g/mol. The van der Waals surface area contributed by atoms with E-state index < -0.39 is 12.6 Å². The summed E-state index contributed by atoms with van der Waals surface area (Å²) in [5.74, 6) is 0.210. The van der Waals surface area contributed by atoms with Crippen molar-refractivity contribution in [1.82, 2.24) is 5.32 Å². The number of nitrogens with one attached hydrogen (secondary N) is 1. The molecule has 3 unspecified atom stereocenters. The highest BCUT2D eigenvalue weighted by Crippen LogP contribution is 2.29. The highest BCUT2D eigenvalue weighted by molar-refractivity contribution is 4.84. The second-order valence-corrected chi connectivity index (χ2v) is 4.35. The molecule has 0 bridgehead atoms. The molecule has 1 aliphatic rings.